The molecule has 0 bridgehead atoms. The molecule has 0 spiro atoms. The first kappa shape index (κ1) is 15.0. The summed E-state index contributed by atoms with van der Waals surface area (Å²) in [7, 11) is 2.01. The molecule has 1 aliphatic rings. The van der Waals surface area contributed by atoms with Gasteiger partial charge in [0.05, 0.1) is 0 Å². The van der Waals surface area contributed by atoms with Gasteiger partial charge in [0, 0.05) is 29.4 Å². The van der Waals surface area contributed by atoms with Gasteiger partial charge in [-0.05, 0) is 45.5 Å². The van der Waals surface area contributed by atoms with Crippen LogP contribution in [-0.4, -0.2) is 36.1 Å². The molecular formula is C14H21Cl2N3. The second kappa shape index (κ2) is 7.44. The van der Waals surface area contributed by atoms with Crippen molar-refractivity contribution >= 4 is 23.2 Å². The van der Waals surface area contributed by atoms with Crippen LogP contribution < -0.4 is 5.32 Å². The molecule has 2 rings (SSSR count). The highest BCUT2D eigenvalue weighted by molar-refractivity contribution is 6.34. The Balaban J connectivity index is 2.02. The highest BCUT2D eigenvalue weighted by Crippen LogP contribution is 2.25. The van der Waals surface area contributed by atoms with Crippen LogP contribution in [0.1, 0.15) is 31.2 Å². The smallest absolute Gasteiger partial charge is 0.130 e. The van der Waals surface area contributed by atoms with Crippen molar-refractivity contribution in [3.8, 4) is 0 Å². The average Bonchev–Trinajstić information content (AvgIpc) is 2.41. The molecule has 1 saturated heterocycles. The lowest BCUT2D eigenvalue weighted by Crippen LogP contribution is -2.40. The fourth-order valence-corrected chi connectivity index (χ4v) is 3.10. The number of nitrogens with zero attached hydrogens (tertiary/aromatic N) is 2. The maximum atomic E-state index is 6.24. The number of rotatable bonds is 5. The molecule has 1 aliphatic heterocycles. The number of likely N-dealkylation sites (tertiary alicyclic amines) is 1. The maximum Gasteiger partial charge on any atom is 0.130 e. The Hall–Kier alpha value is -0.350. The van der Waals surface area contributed by atoms with E-state index in [1.165, 1.54) is 25.7 Å². The molecule has 2 heterocycles. The van der Waals surface area contributed by atoms with Crippen molar-refractivity contribution in [3.63, 3.8) is 0 Å². The summed E-state index contributed by atoms with van der Waals surface area (Å²) in [6.45, 7) is 3.08. The molecule has 0 aliphatic carbocycles. The first-order valence-corrected chi connectivity index (χ1v) is 7.65. The highest BCUT2D eigenvalue weighted by atomic mass is 35.5. The van der Waals surface area contributed by atoms with Gasteiger partial charge in [0.25, 0.3) is 0 Å². The summed E-state index contributed by atoms with van der Waals surface area (Å²) < 4.78 is 0. The van der Waals surface area contributed by atoms with Crippen LogP contribution in [0, 0.1) is 0 Å². The zero-order valence-corrected chi connectivity index (χ0v) is 12.8. The van der Waals surface area contributed by atoms with Crippen molar-refractivity contribution in [3.05, 3.63) is 28.0 Å². The summed E-state index contributed by atoms with van der Waals surface area (Å²) in [6, 6.07) is 2.37. The topological polar surface area (TPSA) is 28.2 Å². The van der Waals surface area contributed by atoms with Gasteiger partial charge in [-0.15, -0.1) is 0 Å². The van der Waals surface area contributed by atoms with Gasteiger partial charge in [0.2, 0.25) is 0 Å². The van der Waals surface area contributed by atoms with Gasteiger partial charge >= 0.3 is 0 Å². The van der Waals surface area contributed by atoms with Crippen LogP contribution in [-0.2, 0) is 6.54 Å². The summed E-state index contributed by atoms with van der Waals surface area (Å²) in [5.74, 6) is 0. The van der Waals surface area contributed by atoms with E-state index in [1.54, 1.807) is 12.3 Å². The fourth-order valence-electron chi connectivity index (χ4n) is 2.68. The van der Waals surface area contributed by atoms with E-state index in [9.17, 15) is 0 Å². The maximum absolute atomic E-state index is 6.24. The van der Waals surface area contributed by atoms with Crippen molar-refractivity contribution in [1.82, 2.24) is 15.2 Å². The van der Waals surface area contributed by atoms with Gasteiger partial charge in [-0.3, -0.25) is 4.90 Å². The van der Waals surface area contributed by atoms with E-state index in [4.69, 9.17) is 23.2 Å². The van der Waals surface area contributed by atoms with Crippen LogP contribution in [0.25, 0.3) is 0 Å². The Morgan fingerprint density at radius 2 is 2.26 bits per heavy atom. The SMILES string of the molecule is CNCCC1CCCCN1Cc1cnc(Cl)cc1Cl. The van der Waals surface area contributed by atoms with E-state index in [0.717, 1.165) is 30.2 Å². The van der Waals surface area contributed by atoms with Crippen molar-refractivity contribution in [2.75, 3.05) is 20.1 Å². The molecule has 1 unspecified atom stereocenters. The molecule has 0 amide bonds. The Kier molecular flexibility index (Phi) is 5.89. The summed E-state index contributed by atoms with van der Waals surface area (Å²) in [4.78, 5) is 6.66. The molecule has 0 radical (unpaired) electrons. The molecule has 1 aromatic rings. The monoisotopic (exact) mass is 301 g/mol. The zero-order chi connectivity index (χ0) is 13.7. The van der Waals surface area contributed by atoms with E-state index in [1.807, 2.05) is 7.05 Å². The summed E-state index contributed by atoms with van der Waals surface area (Å²) in [6.07, 6.45) is 6.87. The summed E-state index contributed by atoms with van der Waals surface area (Å²) in [5, 5.41) is 4.41. The number of aromatic nitrogens is 1. The van der Waals surface area contributed by atoms with E-state index in [-0.39, 0.29) is 0 Å². The minimum atomic E-state index is 0.458. The zero-order valence-electron chi connectivity index (χ0n) is 11.3. The van der Waals surface area contributed by atoms with E-state index in [2.05, 4.69) is 15.2 Å². The predicted octanol–water partition coefficient (Wildman–Crippen LogP) is 3.35. The molecule has 5 heteroatoms. The molecule has 1 aromatic heterocycles. The van der Waals surface area contributed by atoms with Crippen LogP contribution in [0.3, 0.4) is 0 Å². The van der Waals surface area contributed by atoms with E-state index in [0.29, 0.717) is 11.2 Å². The molecule has 1 N–H and O–H groups in total. The first-order chi connectivity index (χ1) is 9.20. The fraction of sp³-hybridized carbons (Fsp3) is 0.643. The summed E-state index contributed by atoms with van der Waals surface area (Å²) >= 11 is 12.1. The van der Waals surface area contributed by atoms with Crippen molar-refractivity contribution in [2.45, 2.75) is 38.3 Å². The minimum Gasteiger partial charge on any atom is -0.320 e. The van der Waals surface area contributed by atoms with Gasteiger partial charge in [-0.25, -0.2) is 4.98 Å². The van der Waals surface area contributed by atoms with Crippen LogP contribution in [0.15, 0.2) is 12.3 Å². The second-order valence-corrected chi connectivity index (χ2v) is 5.91. The molecule has 0 saturated carbocycles. The quantitative estimate of drug-likeness (QED) is 0.845. The van der Waals surface area contributed by atoms with E-state index >= 15 is 0 Å². The van der Waals surface area contributed by atoms with Crippen LogP contribution in [0.2, 0.25) is 10.2 Å². The Morgan fingerprint density at radius 3 is 3.00 bits per heavy atom. The normalized spacial score (nSPS) is 20.7. The lowest BCUT2D eigenvalue weighted by molar-refractivity contribution is 0.132. The van der Waals surface area contributed by atoms with Crippen molar-refractivity contribution < 1.29 is 0 Å². The lowest BCUT2D eigenvalue weighted by Gasteiger charge is -2.36. The largest absolute Gasteiger partial charge is 0.320 e. The third-order valence-corrected chi connectivity index (χ3v) is 4.30. The van der Waals surface area contributed by atoms with Crippen LogP contribution in [0.5, 0.6) is 0 Å². The number of hydrogen-bond acceptors (Lipinski definition) is 3. The number of nitrogens with one attached hydrogen (secondary N) is 1. The van der Waals surface area contributed by atoms with Gasteiger partial charge in [-0.2, -0.15) is 0 Å². The molecule has 19 heavy (non-hydrogen) atoms. The lowest BCUT2D eigenvalue weighted by atomic mass is 9.98. The Labute approximate surface area is 125 Å². The van der Waals surface area contributed by atoms with Gasteiger partial charge in [-0.1, -0.05) is 29.6 Å². The number of pyridine rings is 1. The van der Waals surface area contributed by atoms with Gasteiger partial charge < -0.3 is 5.32 Å². The average molecular weight is 302 g/mol. The number of piperidine rings is 1. The standard InChI is InChI=1S/C14H21Cl2N3/c1-17-6-5-12-4-2-3-7-19(12)10-11-9-18-14(16)8-13(11)15/h8-9,12,17H,2-7,10H2,1H3. The van der Waals surface area contributed by atoms with Crippen molar-refractivity contribution in [1.29, 1.82) is 0 Å². The number of halogens is 2. The Bertz CT molecular complexity index is 412. The third-order valence-electron chi connectivity index (χ3n) is 3.75. The molecule has 1 atom stereocenters. The van der Waals surface area contributed by atoms with Crippen molar-refractivity contribution in [2.24, 2.45) is 0 Å². The molecule has 1 fully saturated rings. The second-order valence-electron chi connectivity index (χ2n) is 5.11. The van der Waals surface area contributed by atoms with Gasteiger partial charge in [0.1, 0.15) is 5.15 Å². The minimum absolute atomic E-state index is 0.458. The Morgan fingerprint density at radius 1 is 1.42 bits per heavy atom. The highest BCUT2D eigenvalue weighted by Gasteiger charge is 2.22. The third kappa shape index (κ3) is 4.32. The van der Waals surface area contributed by atoms with Gasteiger partial charge in [0.15, 0.2) is 0 Å². The number of hydrogen-bond donors (Lipinski definition) is 1. The molecule has 3 nitrogen and oxygen atoms in total. The predicted molar refractivity (Wildman–Crippen MR) is 80.8 cm³/mol. The first-order valence-electron chi connectivity index (χ1n) is 6.89. The molecule has 106 valence electrons. The van der Waals surface area contributed by atoms with Crippen LogP contribution >= 0.6 is 23.2 Å². The molecule has 0 aromatic carbocycles. The van der Waals surface area contributed by atoms with E-state index < -0.39 is 0 Å². The summed E-state index contributed by atoms with van der Waals surface area (Å²) in [5.41, 5.74) is 1.07. The van der Waals surface area contributed by atoms with Crippen LogP contribution in [0.4, 0.5) is 0 Å². The molecular weight excluding hydrogens is 281 g/mol.